The molecule has 1 unspecified atom stereocenters. The first kappa shape index (κ1) is 11.5. The maximum atomic E-state index is 10.7. The van der Waals surface area contributed by atoms with Crippen LogP contribution in [0.2, 0.25) is 0 Å². The Morgan fingerprint density at radius 3 is 3.19 bits per heavy atom. The van der Waals surface area contributed by atoms with Crippen molar-refractivity contribution in [3.63, 3.8) is 0 Å². The summed E-state index contributed by atoms with van der Waals surface area (Å²) in [7, 11) is 0. The summed E-state index contributed by atoms with van der Waals surface area (Å²) in [5, 5.41) is 13.1. The van der Waals surface area contributed by atoms with Crippen LogP contribution in [-0.2, 0) is 11.2 Å². The number of aliphatic carboxylic acids is 1. The van der Waals surface area contributed by atoms with Gasteiger partial charge in [-0.2, -0.15) is 16.9 Å². The molecule has 5 heteroatoms. The highest BCUT2D eigenvalue weighted by Crippen LogP contribution is 2.27. The summed E-state index contributed by atoms with van der Waals surface area (Å²) in [6, 6.07) is 0.446. The summed E-state index contributed by atoms with van der Waals surface area (Å²) in [5.41, 5.74) is 1.85. The van der Waals surface area contributed by atoms with Crippen LogP contribution in [0.25, 0.3) is 0 Å². The number of carboxylic acids is 1. The molecule has 1 aliphatic heterocycles. The van der Waals surface area contributed by atoms with E-state index in [1.165, 1.54) is 12.2 Å². The molecule has 2 rings (SSSR count). The molecule has 1 aliphatic rings. The standard InChI is InChI=1S/C11H16N2O2S/c1-8-9(5-11(14)15)6-12-13(8)10-3-2-4-16-7-10/h6,10H,2-5,7H2,1H3,(H,14,15). The van der Waals surface area contributed by atoms with Gasteiger partial charge in [0.2, 0.25) is 0 Å². The van der Waals surface area contributed by atoms with Crippen LogP contribution in [0.1, 0.15) is 30.1 Å². The maximum absolute atomic E-state index is 10.7. The SMILES string of the molecule is Cc1c(CC(=O)O)cnn1C1CCCSC1. The molecule has 1 N–H and O–H groups in total. The number of thioether (sulfide) groups is 1. The average Bonchev–Trinajstić information content (AvgIpc) is 2.61. The molecule has 1 aromatic rings. The second-order valence-corrected chi connectivity index (χ2v) is 5.29. The van der Waals surface area contributed by atoms with Gasteiger partial charge in [0.1, 0.15) is 0 Å². The Balaban J connectivity index is 2.15. The Morgan fingerprint density at radius 2 is 2.56 bits per heavy atom. The van der Waals surface area contributed by atoms with Crippen LogP contribution in [0.5, 0.6) is 0 Å². The van der Waals surface area contributed by atoms with E-state index in [1.54, 1.807) is 6.20 Å². The van der Waals surface area contributed by atoms with Crippen molar-refractivity contribution in [2.75, 3.05) is 11.5 Å². The first-order chi connectivity index (χ1) is 7.68. The van der Waals surface area contributed by atoms with E-state index in [4.69, 9.17) is 5.11 Å². The van der Waals surface area contributed by atoms with Crippen molar-refractivity contribution in [2.24, 2.45) is 0 Å². The molecule has 1 aromatic heterocycles. The molecule has 0 aliphatic carbocycles. The van der Waals surface area contributed by atoms with Gasteiger partial charge in [-0.05, 0) is 25.5 Å². The van der Waals surface area contributed by atoms with Crippen LogP contribution in [0, 0.1) is 6.92 Å². The molecule has 1 atom stereocenters. The normalized spacial score (nSPS) is 20.9. The minimum absolute atomic E-state index is 0.0751. The summed E-state index contributed by atoms with van der Waals surface area (Å²) in [6.45, 7) is 1.96. The Labute approximate surface area is 99.0 Å². The Hall–Kier alpha value is -0.970. The molecule has 0 spiro atoms. The fourth-order valence-electron chi connectivity index (χ4n) is 2.08. The molecule has 0 aromatic carbocycles. The van der Waals surface area contributed by atoms with Crippen LogP contribution in [0.15, 0.2) is 6.20 Å². The van der Waals surface area contributed by atoms with Crippen LogP contribution in [0.4, 0.5) is 0 Å². The number of hydrogen-bond acceptors (Lipinski definition) is 3. The third-order valence-corrected chi connectivity index (χ3v) is 4.17. The van der Waals surface area contributed by atoms with Crippen molar-refractivity contribution in [1.82, 2.24) is 9.78 Å². The predicted molar refractivity (Wildman–Crippen MR) is 63.9 cm³/mol. The lowest BCUT2D eigenvalue weighted by Gasteiger charge is -2.23. The van der Waals surface area contributed by atoms with Crippen LogP contribution in [-0.4, -0.2) is 32.4 Å². The highest BCUT2D eigenvalue weighted by atomic mass is 32.2. The Bertz CT molecular complexity index is 383. The molecule has 0 saturated carbocycles. The lowest BCUT2D eigenvalue weighted by molar-refractivity contribution is -0.136. The maximum Gasteiger partial charge on any atom is 0.307 e. The second kappa shape index (κ2) is 4.91. The van der Waals surface area contributed by atoms with E-state index in [-0.39, 0.29) is 6.42 Å². The summed E-state index contributed by atoms with van der Waals surface area (Å²) in [4.78, 5) is 10.7. The second-order valence-electron chi connectivity index (χ2n) is 4.14. The van der Waals surface area contributed by atoms with Crippen molar-refractivity contribution in [3.05, 3.63) is 17.5 Å². The zero-order valence-corrected chi connectivity index (χ0v) is 10.2. The summed E-state index contributed by atoms with van der Waals surface area (Å²) in [5.74, 6) is 1.54. The number of aromatic nitrogens is 2. The van der Waals surface area contributed by atoms with Gasteiger partial charge in [-0.1, -0.05) is 0 Å². The Kier molecular flexibility index (Phi) is 3.53. The van der Waals surface area contributed by atoms with E-state index in [2.05, 4.69) is 5.10 Å². The number of hydrogen-bond donors (Lipinski definition) is 1. The molecule has 16 heavy (non-hydrogen) atoms. The van der Waals surface area contributed by atoms with Crippen LogP contribution >= 0.6 is 11.8 Å². The largest absolute Gasteiger partial charge is 0.481 e. The molecule has 88 valence electrons. The third kappa shape index (κ3) is 2.40. The van der Waals surface area contributed by atoms with E-state index in [0.717, 1.165) is 23.4 Å². The molecule has 2 heterocycles. The lowest BCUT2D eigenvalue weighted by Crippen LogP contribution is -2.18. The molecule has 0 radical (unpaired) electrons. The van der Waals surface area contributed by atoms with Crippen molar-refractivity contribution < 1.29 is 9.90 Å². The van der Waals surface area contributed by atoms with Gasteiger partial charge in [-0.15, -0.1) is 0 Å². The number of rotatable bonds is 3. The summed E-state index contributed by atoms with van der Waals surface area (Å²) < 4.78 is 2.00. The molecule has 1 fully saturated rings. The van der Waals surface area contributed by atoms with Gasteiger partial charge in [0.25, 0.3) is 0 Å². The minimum Gasteiger partial charge on any atom is -0.481 e. The van der Waals surface area contributed by atoms with E-state index in [9.17, 15) is 4.79 Å². The molecule has 1 saturated heterocycles. The van der Waals surface area contributed by atoms with Crippen molar-refractivity contribution in [2.45, 2.75) is 32.2 Å². The fourth-order valence-corrected chi connectivity index (χ4v) is 3.20. The van der Waals surface area contributed by atoms with Crippen LogP contribution in [0.3, 0.4) is 0 Å². The summed E-state index contributed by atoms with van der Waals surface area (Å²) in [6.07, 6.45) is 4.15. The van der Waals surface area contributed by atoms with Crippen LogP contribution < -0.4 is 0 Å². The van der Waals surface area contributed by atoms with Gasteiger partial charge in [0, 0.05) is 17.0 Å². The van der Waals surface area contributed by atoms with E-state index >= 15 is 0 Å². The number of nitrogens with zero attached hydrogens (tertiary/aromatic N) is 2. The first-order valence-corrected chi connectivity index (χ1v) is 6.66. The third-order valence-electron chi connectivity index (χ3n) is 2.97. The summed E-state index contributed by atoms with van der Waals surface area (Å²) >= 11 is 1.95. The average molecular weight is 240 g/mol. The zero-order chi connectivity index (χ0) is 11.5. The number of carbonyl (C=O) groups is 1. The van der Waals surface area contributed by atoms with Gasteiger partial charge in [-0.25, -0.2) is 0 Å². The smallest absolute Gasteiger partial charge is 0.307 e. The van der Waals surface area contributed by atoms with Crippen molar-refractivity contribution in [1.29, 1.82) is 0 Å². The molecule has 0 amide bonds. The first-order valence-electron chi connectivity index (χ1n) is 5.51. The monoisotopic (exact) mass is 240 g/mol. The molecule has 0 bridgehead atoms. The highest BCUT2D eigenvalue weighted by molar-refractivity contribution is 7.99. The lowest BCUT2D eigenvalue weighted by atomic mass is 10.1. The van der Waals surface area contributed by atoms with E-state index < -0.39 is 5.97 Å². The minimum atomic E-state index is -0.791. The van der Waals surface area contributed by atoms with Gasteiger partial charge < -0.3 is 5.11 Å². The molecular weight excluding hydrogens is 224 g/mol. The van der Waals surface area contributed by atoms with Crippen molar-refractivity contribution >= 4 is 17.7 Å². The quantitative estimate of drug-likeness (QED) is 0.876. The topological polar surface area (TPSA) is 55.1 Å². The number of carboxylic acid groups (broad SMARTS) is 1. The highest BCUT2D eigenvalue weighted by Gasteiger charge is 2.19. The van der Waals surface area contributed by atoms with Gasteiger partial charge in [0.05, 0.1) is 18.7 Å². The van der Waals surface area contributed by atoms with E-state index in [1.807, 2.05) is 23.4 Å². The van der Waals surface area contributed by atoms with Crippen molar-refractivity contribution in [3.8, 4) is 0 Å². The Morgan fingerprint density at radius 1 is 1.75 bits per heavy atom. The van der Waals surface area contributed by atoms with Gasteiger partial charge in [-0.3, -0.25) is 9.48 Å². The van der Waals surface area contributed by atoms with Gasteiger partial charge >= 0.3 is 5.97 Å². The predicted octanol–water partition coefficient (Wildman–Crippen LogP) is 1.89. The van der Waals surface area contributed by atoms with Gasteiger partial charge in [0.15, 0.2) is 0 Å². The fraction of sp³-hybridized carbons (Fsp3) is 0.636. The zero-order valence-electron chi connectivity index (χ0n) is 9.35. The molecular formula is C11H16N2O2S. The molecule has 4 nitrogen and oxygen atoms in total. The van der Waals surface area contributed by atoms with E-state index in [0.29, 0.717) is 6.04 Å².